The highest BCUT2D eigenvalue weighted by molar-refractivity contribution is 5.82. The summed E-state index contributed by atoms with van der Waals surface area (Å²) in [6.45, 7) is 9.96. The average molecular weight is 197 g/mol. The molecule has 0 radical (unpaired) electrons. The zero-order valence-corrected chi connectivity index (χ0v) is 9.21. The van der Waals surface area contributed by atoms with Crippen LogP contribution in [-0.4, -0.2) is 48.7 Å². The van der Waals surface area contributed by atoms with E-state index in [9.17, 15) is 0 Å². The van der Waals surface area contributed by atoms with Crippen LogP contribution in [0.3, 0.4) is 0 Å². The Kier molecular flexibility index (Phi) is 2.39. The fourth-order valence-electron chi connectivity index (χ4n) is 2.08. The molecule has 0 bridgehead atoms. The first-order valence-electron chi connectivity index (χ1n) is 5.33. The molecule has 1 saturated heterocycles. The molecule has 4 nitrogen and oxygen atoms in total. The highest BCUT2D eigenvalue weighted by Gasteiger charge is 2.41. The number of likely N-dealkylation sites (tertiary alicyclic amines) is 1. The van der Waals surface area contributed by atoms with Gasteiger partial charge in [-0.3, -0.25) is 4.99 Å². The summed E-state index contributed by atoms with van der Waals surface area (Å²) in [5.74, 6) is 1.05. The van der Waals surface area contributed by atoms with Crippen LogP contribution in [0.2, 0.25) is 0 Å². The lowest BCUT2D eigenvalue weighted by molar-refractivity contribution is -0.104. The van der Waals surface area contributed by atoms with Crippen LogP contribution in [-0.2, 0) is 4.74 Å². The summed E-state index contributed by atoms with van der Waals surface area (Å²) in [7, 11) is 0. The molecule has 4 heteroatoms. The molecule has 80 valence electrons. The van der Waals surface area contributed by atoms with Gasteiger partial charge in [0.15, 0.2) is 5.96 Å². The zero-order chi connectivity index (χ0) is 10.2. The molecule has 2 heterocycles. The fraction of sp³-hybridized carbons (Fsp3) is 0.900. The van der Waals surface area contributed by atoms with Crippen LogP contribution in [0, 0.1) is 0 Å². The zero-order valence-electron chi connectivity index (χ0n) is 9.21. The molecule has 0 spiro atoms. The maximum atomic E-state index is 5.66. The summed E-state index contributed by atoms with van der Waals surface area (Å²) >= 11 is 0. The molecule has 2 rings (SSSR count). The largest absolute Gasteiger partial charge is 0.372 e. The molecular formula is C10H19N3O. The van der Waals surface area contributed by atoms with Crippen molar-refractivity contribution in [3.05, 3.63) is 0 Å². The molecule has 1 unspecified atom stereocenters. The van der Waals surface area contributed by atoms with Gasteiger partial charge in [-0.05, 0) is 20.8 Å². The van der Waals surface area contributed by atoms with Gasteiger partial charge in [0.1, 0.15) is 5.60 Å². The molecule has 2 aliphatic heterocycles. The van der Waals surface area contributed by atoms with Crippen molar-refractivity contribution in [3.8, 4) is 0 Å². The van der Waals surface area contributed by atoms with E-state index < -0.39 is 0 Å². The Bertz CT molecular complexity index is 246. The number of hydrogen-bond acceptors (Lipinski definition) is 4. The fourth-order valence-corrected chi connectivity index (χ4v) is 2.08. The molecular weight excluding hydrogens is 178 g/mol. The first kappa shape index (κ1) is 9.77. The minimum absolute atomic E-state index is 0.0464. The monoisotopic (exact) mass is 197 g/mol. The number of guanidine groups is 1. The van der Waals surface area contributed by atoms with E-state index in [-0.39, 0.29) is 5.60 Å². The lowest BCUT2D eigenvalue weighted by Gasteiger charge is -2.48. The number of nitrogens with one attached hydrogen (secondary N) is 1. The molecule has 0 aromatic rings. The second-order valence-corrected chi connectivity index (χ2v) is 4.45. The lowest BCUT2D eigenvalue weighted by Crippen LogP contribution is -2.65. The Hall–Kier alpha value is -0.770. The minimum atomic E-state index is 0.0464. The number of rotatable bonds is 2. The lowest BCUT2D eigenvalue weighted by atomic mass is 9.97. The third-order valence-corrected chi connectivity index (χ3v) is 2.73. The van der Waals surface area contributed by atoms with Crippen molar-refractivity contribution >= 4 is 5.96 Å². The van der Waals surface area contributed by atoms with E-state index in [1.807, 2.05) is 6.92 Å². The van der Waals surface area contributed by atoms with Gasteiger partial charge >= 0.3 is 0 Å². The quantitative estimate of drug-likeness (QED) is 0.698. The normalized spacial score (nSPS) is 29.5. The highest BCUT2D eigenvalue weighted by Crippen LogP contribution is 2.25. The predicted molar refractivity (Wildman–Crippen MR) is 56.5 cm³/mol. The van der Waals surface area contributed by atoms with Crippen molar-refractivity contribution in [1.29, 1.82) is 0 Å². The van der Waals surface area contributed by atoms with Crippen LogP contribution in [0.4, 0.5) is 0 Å². The van der Waals surface area contributed by atoms with E-state index in [2.05, 4.69) is 29.1 Å². The van der Waals surface area contributed by atoms with Crippen LogP contribution in [0.15, 0.2) is 4.99 Å². The molecule has 0 aromatic carbocycles. The van der Waals surface area contributed by atoms with Crippen molar-refractivity contribution in [2.75, 3.05) is 26.2 Å². The molecule has 1 N–H and O–H groups in total. The van der Waals surface area contributed by atoms with Gasteiger partial charge in [0.2, 0.25) is 0 Å². The van der Waals surface area contributed by atoms with Crippen molar-refractivity contribution in [2.45, 2.75) is 32.4 Å². The molecule has 1 fully saturated rings. The van der Waals surface area contributed by atoms with E-state index in [1.54, 1.807) is 0 Å². The van der Waals surface area contributed by atoms with Crippen LogP contribution >= 0.6 is 0 Å². The summed E-state index contributed by atoms with van der Waals surface area (Å²) in [6.07, 6.45) is 0. The maximum absolute atomic E-state index is 5.66. The van der Waals surface area contributed by atoms with Crippen molar-refractivity contribution in [1.82, 2.24) is 10.2 Å². The smallest absolute Gasteiger partial charge is 0.194 e. The number of nitrogens with zero attached hydrogens (tertiary/aromatic N) is 2. The molecule has 1 atom stereocenters. The van der Waals surface area contributed by atoms with E-state index in [4.69, 9.17) is 4.74 Å². The molecule has 14 heavy (non-hydrogen) atoms. The van der Waals surface area contributed by atoms with Crippen LogP contribution in [0.5, 0.6) is 0 Å². The molecule has 0 saturated carbocycles. The minimum Gasteiger partial charge on any atom is -0.372 e. The SMILES string of the molecule is CCOC1(C)CN(C2=NCC(C)N2)C1. The van der Waals surface area contributed by atoms with Gasteiger partial charge in [0, 0.05) is 12.6 Å². The molecule has 2 aliphatic rings. The Morgan fingerprint density at radius 2 is 2.36 bits per heavy atom. The van der Waals surface area contributed by atoms with Gasteiger partial charge in [-0.2, -0.15) is 0 Å². The summed E-state index contributed by atoms with van der Waals surface area (Å²) in [5, 5.41) is 3.36. The van der Waals surface area contributed by atoms with E-state index in [1.165, 1.54) is 0 Å². The number of hydrogen-bond donors (Lipinski definition) is 1. The molecule has 0 aromatic heterocycles. The molecule has 0 amide bonds. The predicted octanol–water partition coefficient (Wildman–Crippen LogP) is 0.445. The van der Waals surface area contributed by atoms with Gasteiger partial charge in [0.05, 0.1) is 19.6 Å². The van der Waals surface area contributed by atoms with Crippen molar-refractivity contribution in [3.63, 3.8) is 0 Å². The van der Waals surface area contributed by atoms with E-state index in [0.717, 1.165) is 32.2 Å². The summed E-state index contributed by atoms with van der Waals surface area (Å²) in [5.41, 5.74) is 0.0464. The topological polar surface area (TPSA) is 36.9 Å². The summed E-state index contributed by atoms with van der Waals surface area (Å²) < 4.78 is 5.66. The third kappa shape index (κ3) is 1.71. The van der Waals surface area contributed by atoms with Crippen molar-refractivity contribution in [2.24, 2.45) is 4.99 Å². The Labute approximate surface area is 85.3 Å². The average Bonchev–Trinajstić information content (AvgIpc) is 2.47. The third-order valence-electron chi connectivity index (χ3n) is 2.73. The standard InChI is InChI=1S/C10H19N3O/c1-4-14-10(3)6-13(7-10)9-11-5-8(2)12-9/h8H,4-7H2,1-3H3,(H,11,12). The van der Waals surface area contributed by atoms with Gasteiger partial charge in [-0.15, -0.1) is 0 Å². The summed E-state index contributed by atoms with van der Waals surface area (Å²) in [6, 6.07) is 0.490. The second-order valence-electron chi connectivity index (χ2n) is 4.45. The first-order valence-corrected chi connectivity index (χ1v) is 5.33. The Morgan fingerprint density at radius 1 is 1.64 bits per heavy atom. The van der Waals surface area contributed by atoms with Crippen LogP contribution < -0.4 is 5.32 Å². The highest BCUT2D eigenvalue weighted by atomic mass is 16.5. The Morgan fingerprint density at radius 3 is 2.86 bits per heavy atom. The van der Waals surface area contributed by atoms with Gasteiger partial charge < -0.3 is 15.0 Å². The maximum Gasteiger partial charge on any atom is 0.194 e. The molecule has 0 aliphatic carbocycles. The van der Waals surface area contributed by atoms with Gasteiger partial charge in [0.25, 0.3) is 0 Å². The van der Waals surface area contributed by atoms with E-state index >= 15 is 0 Å². The Balaban J connectivity index is 1.83. The number of ether oxygens (including phenoxy) is 1. The van der Waals surface area contributed by atoms with Gasteiger partial charge in [-0.1, -0.05) is 0 Å². The van der Waals surface area contributed by atoms with E-state index in [0.29, 0.717) is 6.04 Å². The summed E-state index contributed by atoms with van der Waals surface area (Å²) in [4.78, 5) is 6.69. The van der Waals surface area contributed by atoms with Crippen LogP contribution in [0.25, 0.3) is 0 Å². The van der Waals surface area contributed by atoms with Gasteiger partial charge in [-0.25, -0.2) is 0 Å². The second kappa shape index (κ2) is 3.42. The number of aliphatic imine (C=N–C) groups is 1. The first-order chi connectivity index (χ1) is 6.63. The van der Waals surface area contributed by atoms with Crippen molar-refractivity contribution < 1.29 is 4.74 Å². The van der Waals surface area contributed by atoms with Crippen LogP contribution in [0.1, 0.15) is 20.8 Å².